The monoisotopic (exact) mass is 303 g/mol. The SMILES string of the molecule is Cn1cc(C(=O)C(CCC(=O)O)CC(=O)O)c2ccccc21. The standard InChI is InChI=1S/C16H17NO5/c1-17-9-12(11-4-2-3-5-13(11)17)16(22)10(8-15(20)21)6-7-14(18)19/h2-5,9-10H,6-8H2,1H3,(H,18,19)(H,20,21). The van der Waals surface area contributed by atoms with Gasteiger partial charge in [-0.3, -0.25) is 14.4 Å². The Kier molecular flexibility index (Phi) is 4.60. The number of carbonyl (C=O) groups excluding carboxylic acids is 1. The van der Waals surface area contributed by atoms with Crippen LogP contribution in [0.2, 0.25) is 0 Å². The molecule has 0 radical (unpaired) electrons. The van der Waals surface area contributed by atoms with Crippen LogP contribution in [0.1, 0.15) is 29.6 Å². The summed E-state index contributed by atoms with van der Waals surface area (Å²) in [4.78, 5) is 34.3. The number of aromatic nitrogens is 1. The number of ketones is 1. The Morgan fingerprint density at radius 3 is 2.45 bits per heavy atom. The summed E-state index contributed by atoms with van der Waals surface area (Å²) in [6.07, 6.45) is 1.09. The first kappa shape index (κ1) is 15.8. The average Bonchev–Trinajstić information content (AvgIpc) is 2.80. The van der Waals surface area contributed by atoms with Crippen LogP contribution in [0.25, 0.3) is 10.9 Å². The number of carbonyl (C=O) groups is 3. The van der Waals surface area contributed by atoms with Crippen LogP contribution in [0.5, 0.6) is 0 Å². The molecule has 0 bridgehead atoms. The summed E-state index contributed by atoms with van der Waals surface area (Å²) in [7, 11) is 1.81. The average molecular weight is 303 g/mol. The van der Waals surface area contributed by atoms with E-state index in [4.69, 9.17) is 10.2 Å². The van der Waals surface area contributed by atoms with Crippen molar-refractivity contribution in [1.82, 2.24) is 4.57 Å². The molecule has 1 atom stereocenters. The Morgan fingerprint density at radius 2 is 1.82 bits per heavy atom. The van der Waals surface area contributed by atoms with E-state index >= 15 is 0 Å². The van der Waals surface area contributed by atoms with Gasteiger partial charge in [-0.2, -0.15) is 0 Å². The molecule has 1 unspecified atom stereocenters. The number of carboxylic acid groups (broad SMARTS) is 2. The molecule has 1 aromatic carbocycles. The third-order valence-electron chi connectivity index (χ3n) is 3.66. The van der Waals surface area contributed by atoms with E-state index in [0.717, 1.165) is 10.9 Å². The first-order chi connectivity index (χ1) is 10.4. The molecule has 0 saturated heterocycles. The molecule has 0 fully saturated rings. The number of Topliss-reactive ketones (excluding diaryl/α,β-unsaturated/α-hetero) is 1. The normalized spacial score (nSPS) is 12.2. The van der Waals surface area contributed by atoms with Gasteiger partial charge in [0.1, 0.15) is 0 Å². The summed E-state index contributed by atoms with van der Waals surface area (Å²) in [6.45, 7) is 0. The first-order valence-corrected chi connectivity index (χ1v) is 6.92. The number of aryl methyl sites for hydroxylation is 1. The molecular weight excluding hydrogens is 286 g/mol. The minimum atomic E-state index is -1.11. The number of aliphatic carboxylic acids is 2. The highest BCUT2D eigenvalue weighted by Gasteiger charge is 2.26. The van der Waals surface area contributed by atoms with Gasteiger partial charge < -0.3 is 14.8 Å². The third kappa shape index (κ3) is 3.33. The Labute approximate surface area is 127 Å². The van der Waals surface area contributed by atoms with Crippen LogP contribution in [0, 0.1) is 5.92 Å². The zero-order chi connectivity index (χ0) is 16.3. The van der Waals surface area contributed by atoms with E-state index < -0.39 is 17.9 Å². The Bertz CT molecular complexity index is 731. The van der Waals surface area contributed by atoms with Gasteiger partial charge in [-0.25, -0.2) is 0 Å². The molecule has 22 heavy (non-hydrogen) atoms. The van der Waals surface area contributed by atoms with Crippen LogP contribution < -0.4 is 0 Å². The number of para-hydroxylation sites is 1. The second-order valence-corrected chi connectivity index (χ2v) is 5.26. The van der Waals surface area contributed by atoms with Crippen LogP contribution in [0.3, 0.4) is 0 Å². The summed E-state index contributed by atoms with van der Waals surface area (Å²) in [5, 5.41) is 18.5. The van der Waals surface area contributed by atoms with Crippen molar-refractivity contribution in [2.24, 2.45) is 13.0 Å². The van der Waals surface area contributed by atoms with E-state index in [1.54, 1.807) is 16.8 Å². The van der Waals surface area contributed by atoms with Crippen molar-refractivity contribution >= 4 is 28.6 Å². The number of carboxylic acids is 2. The van der Waals surface area contributed by atoms with Gasteiger partial charge in [0.15, 0.2) is 5.78 Å². The lowest BCUT2D eigenvalue weighted by Gasteiger charge is -2.12. The van der Waals surface area contributed by atoms with E-state index in [1.165, 1.54) is 0 Å². The predicted molar refractivity (Wildman–Crippen MR) is 79.9 cm³/mol. The Balaban J connectivity index is 2.35. The highest BCUT2D eigenvalue weighted by atomic mass is 16.4. The Morgan fingerprint density at radius 1 is 1.14 bits per heavy atom. The molecule has 6 nitrogen and oxygen atoms in total. The molecule has 1 aromatic heterocycles. The zero-order valence-corrected chi connectivity index (χ0v) is 12.2. The fraction of sp³-hybridized carbons (Fsp3) is 0.312. The van der Waals surface area contributed by atoms with E-state index in [0.29, 0.717) is 5.56 Å². The van der Waals surface area contributed by atoms with Crippen molar-refractivity contribution in [3.8, 4) is 0 Å². The lowest BCUT2D eigenvalue weighted by atomic mass is 9.90. The second-order valence-electron chi connectivity index (χ2n) is 5.26. The van der Waals surface area contributed by atoms with Crippen LogP contribution in [0.15, 0.2) is 30.5 Å². The van der Waals surface area contributed by atoms with Gasteiger partial charge in [0.2, 0.25) is 0 Å². The van der Waals surface area contributed by atoms with Gasteiger partial charge >= 0.3 is 11.9 Å². The molecule has 2 aromatic rings. The molecule has 0 spiro atoms. The summed E-state index contributed by atoms with van der Waals surface area (Å²) >= 11 is 0. The molecule has 1 heterocycles. The molecule has 6 heteroatoms. The molecule has 0 amide bonds. The predicted octanol–water partition coefficient (Wildman–Crippen LogP) is 2.32. The van der Waals surface area contributed by atoms with Crippen molar-refractivity contribution in [3.63, 3.8) is 0 Å². The minimum absolute atomic E-state index is 0.0175. The van der Waals surface area contributed by atoms with Gasteiger partial charge in [-0.15, -0.1) is 0 Å². The van der Waals surface area contributed by atoms with E-state index in [9.17, 15) is 14.4 Å². The molecule has 116 valence electrons. The van der Waals surface area contributed by atoms with Gasteiger partial charge in [0.05, 0.1) is 6.42 Å². The second kappa shape index (κ2) is 6.43. The third-order valence-corrected chi connectivity index (χ3v) is 3.66. The fourth-order valence-electron chi connectivity index (χ4n) is 2.59. The van der Waals surface area contributed by atoms with E-state index in [1.807, 2.05) is 25.2 Å². The van der Waals surface area contributed by atoms with Gasteiger partial charge in [0.25, 0.3) is 0 Å². The highest BCUT2D eigenvalue weighted by Crippen LogP contribution is 2.26. The largest absolute Gasteiger partial charge is 0.481 e. The minimum Gasteiger partial charge on any atom is -0.481 e. The molecular formula is C16H17NO5. The van der Waals surface area contributed by atoms with Crippen LogP contribution >= 0.6 is 0 Å². The lowest BCUT2D eigenvalue weighted by Crippen LogP contribution is -2.19. The molecule has 2 N–H and O–H groups in total. The summed E-state index contributed by atoms with van der Waals surface area (Å²) < 4.78 is 1.80. The van der Waals surface area contributed by atoms with Gasteiger partial charge in [0, 0.05) is 42.0 Å². The molecule has 0 saturated carbocycles. The first-order valence-electron chi connectivity index (χ1n) is 6.92. The summed E-state index contributed by atoms with van der Waals surface area (Å²) in [6, 6.07) is 7.34. The van der Waals surface area contributed by atoms with Crippen molar-refractivity contribution in [3.05, 3.63) is 36.0 Å². The maximum Gasteiger partial charge on any atom is 0.304 e. The number of fused-ring (bicyclic) bond motifs is 1. The zero-order valence-electron chi connectivity index (χ0n) is 12.2. The van der Waals surface area contributed by atoms with Crippen molar-refractivity contribution < 1.29 is 24.6 Å². The number of rotatable bonds is 7. The van der Waals surface area contributed by atoms with Crippen molar-refractivity contribution in [2.75, 3.05) is 0 Å². The van der Waals surface area contributed by atoms with Gasteiger partial charge in [-0.1, -0.05) is 18.2 Å². The van der Waals surface area contributed by atoms with E-state index in [-0.39, 0.29) is 25.0 Å². The highest BCUT2D eigenvalue weighted by molar-refractivity contribution is 6.09. The quantitative estimate of drug-likeness (QED) is 0.765. The van der Waals surface area contributed by atoms with Crippen LogP contribution in [-0.4, -0.2) is 32.5 Å². The van der Waals surface area contributed by atoms with Crippen molar-refractivity contribution in [2.45, 2.75) is 19.3 Å². The van der Waals surface area contributed by atoms with E-state index in [2.05, 4.69) is 0 Å². The number of nitrogens with zero attached hydrogens (tertiary/aromatic N) is 1. The van der Waals surface area contributed by atoms with Crippen molar-refractivity contribution in [1.29, 1.82) is 0 Å². The summed E-state index contributed by atoms with van der Waals surface area (Å²) in [5.74, 6) is -3.30. The van der Waals surface area contributed by atoms with Gasteiger partial charge in [-0.05, 0) is 12.5 Å². The maximum absolute atomic E-state index is 12.7. The van der Waals surface area contributed by atoms with Crippen LogP contribution in [0.4, 0.5) is 0 Å². The number of hydrogen-bond acceptors (Lipinski definition) is 3. The topological polar surface area (TPSA) is 96.6 Å². The summed E-state index contributed by atoms with van der Waals surface area (Å²) in [5.41, 5.74) is 1.31. The number of benzene rings is 1. The molecule has 0 aliphatic heterocycles. The lowest BCUT2D eigenvalue weighted by molar-refractivity contribution is -0.140. The molecule has 0 aliphatic rings. The van der Waals surface area contributed by atoms with Crippen LogP contribution in [-0.2, 0) is 16.6 Å². The fourth-order valence-corrected chi connectivity index (χ4v) is 2.59. The maximum atomic E-state index is 12.7. The smallest absolute Gasteiger partial charge is 0.304 e. The number of hydrogen-bond donors (Lipinski definition) is 2. The molecule has 2 rings (SSSR count). The Hall–Kier alpha value is -2.63. The molecule has 0 aliphatic carbocycles.